The molecule has 14 heavy (non-hydrogen) atoms. The van der Waals surface area contributed by atoms with Gasteiger partial charge in [0.2, 0.25) is 16.4 Å². The zero-order valence-corrected chi connectivity index (χ0v) is 8.34. The predicted molar refractivity (Wildman–Crippen MR) is 52.4 cm³/mol. The summed E-state index contributed by atoms with van der Waals surface area (Å²) >= 11 is 0. The zero-order chi connectivity index (χ0) is 10.6. The lowest BCUT2D eigenvalue weighted by molar-refractivity contribution is -0.105. The Kier molecular flexibility index (Phi) is 3.21. The van der Waals surface area contributed by atoms with Gasteiger partial charge in [0.25, 0.3) is 0 Å². The number of amides is 1. The second-order valence-electron chi connectivity index (χ2n) is 2.49. The number of anilines is 1. The number of hydrogen-bond donors (Lipinski definition) is 2. The van der Waals surface area contributed by atoms with E-state index in [0.717, 1.165) is 0 Å². The van der Waals surface area contributed by atoms with Crippen molar-refractivity contribution in [2.24, 2.45) is 0 Å². The number of hydrogen-bond acceptors (Lipinski definition) is 3. The average Bonchev–Trinajstić information content (AvgIpc) is 2.19. The van der Waals surface area contributed by atoms with Crippen molar-refractivity contribution in [1.82, 2.24) is 4.72 Å². The van der Waals surface area contributed by atoms with Crippen LogP contribution in [0.2, 0.25) is 0 Å². The molecule has 0 spiro atoms. The van der Waals surface area contributed by atoms with Crippen molar-refractivity contribution in [3.8, 4) is 0 Å². The van der Waals surface area contributed by atoms with Gasteiger partial charge in [0.15, 0.2) is 0 Å². The monoisotopic (exact) mass is 214 g/mol. The minimum absolute atomic E-state index is 0.163. The maximum Gasteiger partial charge on any atom is 0.240 e. The van der Waals surface area contributed by atoms with E-state index in [-0.39, 0.29) is 4.90 Å². The Labute approximate surface area is 82.2 Å². The van der Waals surface area contributed by atoms with Gasteiger partial charge in [-0.05, 0) is 31.3 Å². The van der Waals surface area contributed by atoms with E-state index in [1.54, 1.807) is 0 Å². The van der Waals surface area contributed by atoms with Crippen LogP contribution < -0.4 is 10.0 Å². The molecule has 76 valence electrons. The van der Waals surface area contributed by atoms with Crippen LogP contribution in [0.5, 0.6) is 0 Å². The summed E-state index contributed by atoms with van der Waals surface area (Å²) in [6.07, 6.45) is 0.529. The van der Waals surface area contributed by atoms with Crippen LogP contribution in [0.15, 0.2) is 29.2 Å². The maximum absolute atomic E-state index is 11.3. The second kappa shape index (κ2) is 4.21. The topological polar surface area (TPSA) is 75.3 Å². The van der Waals surface area contributed by atoms with Gasteiger partial charge in [0.1, 0.15) is 0 Å². The highest BCUT2D eigenvalue weighted by atomic mass is 32.2. The standard InChI is InChI=1S/C8H10N2O3S/c1-9-14(12,13)8-4-2-7(3-5-8)10-6-11/h2-6,9H,1H3,(H,10,11). The number of sulfonamides is 1. The summed E-state index contributed by atoms with van der Waals surface area (Å²) < 4.78 is 24.7. The number of nitrogens with one attached hydrogen (secondary N) is 2. The third-order valence-electron chi connectivity index (χ3n) is 1.66. The first-order chi connectivity index (χ1) is 6.60. The molecule has 1 aromatic rings. The summed E-state index contributed by atoms with van der Waals surface area (Å²) in [5.74, 6) is 0. The summed E-state index contributed by atoms with van der Waals surface area (Å²) in [5, 5.41) is 2.41. The van der Waals surface area contributed by atoms with Gasteiger partial charge >= 0.3 is 0 Å². The lowest BCUT2D eigenvalue weighted by Gasteiger charge is -2.03. The Hall–Kier alpha value is -1.40. The molecule has 0 aromatic heterocycles. The molecule has 0 saturated carbocycles. The third-order valence-corrected chi connectivity index (χ3v) is 3.09. The van der Waals surface area contributed by atoms with Crippen molar-refractivity contribution >= 4 is 22.1 Å². The molecule has 0 saturated heterocycles. The van der Waals surface area contributed by atoms with Gasteiger partial charge < -0.3 is 5.32 Å². The summed E-state index contributed by atoms with van der Waals surface area (Å²) in [6, 6.07) is 5.85. The molecule has 0 aliphatic rings. The Morgan fingerprint density at radius 1 is 1.21 bits per heavy atom. The largest absolute Gasteiger partial charge is 0.329 e. The molecule has 5 nitrogen and oxygen atoms in total. The fraction of sp³-hybridized carbons (Fsp3) is 0.125. The molecule has 0 atom stereocenters. The molecular weight excluding hydrogens is 204 g/mol. The molecule has 0 heterocycles. The maximum atomic E-state index is 11.3. The second-order valence-corrected chi connectivity index (χ2v) is 4.38. The van der Waals surface area contributed by atoms with Crippen LogP contribution in [0.25, 0.3) is 0 Å². The minimum Gasteiger partial charge on any atom is -0.329 e. The highest BCUT2D eigenvalue weighted by Crippen LogP contribution is 2.12. The van der Waals surface area contributed by atoms with Gasteiger partial charge in [-0.3, -0.25) is 4.79 Å². The average molecular weight is 214 g/mol. The van der Waals surface area contributed by atoms with E-state index in [9.17, 15) is 13.2 Å². The Morgan fingerprint density at radius 2 is 1.79 bits per heavy atom. The third kappa shape index (κ3) is 2.30. The van der Waals surface area contributed by atoms with Crippen LogP contribution in [0.4, 0.5) is 5.69 Å². The van der Waals surface area contributed by atoms with Gasteiger partial charge in [0.05, 0.1) is 4.90 Å². The highest BCUT2D eigenvalue weighted by molar-refractivity contribution is 7.89. The fourth-order valence-electron chi connectivity index (χ4n) is 0.916. The molecule has 0 fully saturated rings. The van der Waals surface area contributed by atoms with Crippen LogP contribution in [0.3, 0.4) is 0 Å². The van der Waals surface area contributed by atoms with Crippen LogP contribution >= 0.6 is 0 Å². The van der Waals surface area contributed by atoms with E-state index >= 15 is 0 Å². The SMILES string of the molecule is CNS(=O)(=O)c1ccc(NC=O)cc1. The quantitative estimate of drug-likeness (QED) is 0.701. The Bertz CT molecular complexity index is 411. The summed E-state index contributed by atoms with van der Waals surface area (Å²) in [5.41, 5.74) is 0.551. The molecule has 1 aromatic carbocycles. The van der Waals surface area contributed by atoms with Gasteiger partial charge in [-0.1, -0.05) is 0 Å². The van der Waals surface area contributed by atoms with Gasteiger partial charge in [-0.2, -0.15) is 0 Å². The minimum atomic E-state index is -3.40. The highest BCUT2D eigenvalue weighted by Gasteiger charge is 2.09. The summed E-state index contributed by atoms with van der Waals surface area (Å²) in [4.78, 5) is 10.2. The van der Waals surface area contributed by atoms with E-state index in [1.165, 1.54) is 31.3 Å². The normalized spacial score (nSPS) is 10.9. The molecular formula is C8H10N2O3S. The number of rotatable bonds is 4. The van der Waals surface area contributed by atoms with Crippen molar-refractivity contribution in [3.63, 3.8) is 0 Å². The molecule has 0 radical (unpaired) electrons. The number of carbonyl (C=O) groups is 1. The van der Waals surface area contributed by atoms with Crippen molar-refractivity contribution < 1.29 is 13.2 Å². The summed E-state index contributed by atoms with van der Waals surface area (Å²) in [7, 11) is -2.06. The molecule has 0 aliphatic carbocycles. The molecule has 1 amide bonds. The van der Waals surface area contributed by atoms with E-state index in [2.05, 4.69) is 10.0 Å². The van der Waals surface area contributed by atoms with Crippen molar-refractivity contribution in [2.75, 3.05) is 12.4 Å². The lowest BCUT2D eigenvalue weighted by Crippen LogP contribution is -2.18. The number of carbonyl (C=O) groups excluding carboxylic acids is 1. The lowest BCUT2D eigenvalue weighted by atomic mass is 10.3. The zero-order valence-electron chi connectivity index (χ0n) is 7.52. The van der Waals surface area contributed by atoms with Crippen LogP contribution in [-0.4, -0.2) is 21.9 Å². The van der Waals surface area contributed by atoms with Gasteiger partial charge in [-0.25, -0.2) is 13.1 Å². The first kappa shape index (κ1) is 10.7. The molecule has 0 bridgehead atoms. The Balaban J connectivity index is 3.00. The van der Waals surface area contributed by atoms with Gasteiger partial charge in [0, 0.05) is 5.69 Å². The van der Waals surface area contributed by atoms with E-state index in [1.807, 2.05) is 0 Å². The number of benzene rings is 1. The van der Waals surface area contributed by atoms with Crippen LogP contribution in [0.1, 0.15) is 0 Å². The van der Waals surface area contributed by atoms with Crippen LogP contribution in [0, 0.1) is 0 Å². The van der Waals surface area contributed by atoms with Crippen LogP contribution in [-0.2, 0) is 14.8 Å². The fourth-order valence-corrected chi connectivity index (χ4v) is 1.65. The first-order valence-corrected chi connectivity index (χ1v) is 5.32. The predicted octanol–water partition coefficient (Wildman–Crippen LogP) is 0.163. The first-order valence-electron chi connectivity index (χ1n) is 3.84. The molecule has 6 heteroatoms. The summed E-state index contributed by atoms with van der Waals surface area (Å²) in [6.45, 7) is 0. The smallest absolute Gasteiger partial charge is 0.240 e. The van der Waals surface area contributed by atoms with Crippen molar-refractivity contribution in [2.45, 2.75) is 4.90 Å². The molecule has 0 unspecified atom stereocenters. The molecule has 1 rings (SSSR count). The van der Waals surface area contributed by atoms with Gasteiger partial charge in [-0.15, -0.1) is 0 Å². The van der Waals surface area contributed by atoms with Crippen molar-refractivity contribution in [1.29, 1.82) is 0 Å². The Morgan fingerprint density at radius 3 is 2.21 bits per heavy atom. The molecule has 0 aliphatic heterocycles. The van der Waals surface area contributed by atoms with E-state index < -0.39 is 10.0 Å². The molecule has 2 N–H and O–H groups in total. The van der Waals surface area contributed by atoms with Crippen molar-refractivity contribution in [3.05, 3.63) is 24.3 Å². The van der Waals surface area contributed by atoms with E-state index in [4.69, 9.17) is 0 Å². The van der Waals surface area contributed by atoms with E-state index in [0.29, 0.717) is 12.1 Å².